The summed E-state index contributed by atoms with van der Waals surface area (Å²) in [6, 6.07) is 13.7. The van der Waals surface area contributed by atoms with Crippen molar-refractivity contribution >= 4 is 27.3 Å². The average molecular weight is 474 g/mol. The fraction of sp³-hybridized carbons (Fsp3) is 0.348. The molecule has 1 aliphatic heterocycles. The van der Waals surface area contributed by atoms with E-state index in [2.05, 4.69) is 14.9 Å². The third-order valence-electron chi connectivity index (χ3n) is 5.58. The summed E-state index contributed by atoms with van der Waals surface area (Å²) in [5.74, 6) is 0.595. The van der Waals surface area contributed by atoms with Crippen molar-refractivity contribution in [3.05, 3.63) is 76.4 Å². The molecule has 3 aromatic rings. The number of nitrogens with zero attached hydrogens (tertiary/aromatic N) is 1. The van der Waals surface area contributed by atoms with E-state index in [0.29, 0.717) is 25.1 Å². The van der Waals surface area contributed by atoms with Gasteiger partial charge in [0.1, 0.15) is 5.76 Å². The van der Waals surface area contributed by atoms with Gasteiger partial charge in [0.2, 0.25) is 10.0 Å². The van der Waals surface area contributed by atoms with Crippen LogP contribution in [0.5, 0.6) is 0 Å². The molecule has 1 aromatic carbocycles. The monoisotopic (exact) mass is 473 g/mol. The first-order chi connectivity index (χ1) is 15.5. The number of thiophene rings is 1. The van der Waals surface area contributed by atoms with Crippen LogP contribution < -0.4 is 10.0 Å². The molecule has 0 bridgehead atoms. The number of hydrogen-bond donors (Lipinski definition) is 2. The molecule has 9 heteroatoms. The van der Waals surface area contributed by atoms with Gasteiger partial charge in [0.15, 0.2) is 0 Å². The molecule has 1 atom stereocenters. The molecule has 3 heterocycles. The highest BCUT2D eigenvalue weighted by atomic mass is 32.2. The van der Waals surface area contributed by atoms with Gasteiger partial charge in [-0.1, -0.05) is 6.07 Å². The second kappa shape index (κ2) is 10.4. The maximum atomic E-state index is 12.7. The molecule has 0 saturated carbocycles. The molecule has 170 valence electrons. The molecule has 0 aliphatic carbocycles. The molecule has 32 heavy (non-hydrogen) atoms. The van der Waals surface area contributed by atoms with Crippen LogP contribution in [0.4, 0.5) is 0 Å². The summed E-state index contributed by atoms with van der Waals surface area (Å²) in [5.41, 5.74) is 0.419. The number of sulfonamides is 1. The normalized spacial score (nSPS) is 15.6. The molecule has 1 saturated heterocycles. The zero-order valence-corrected chi connectivity index (χ0v) is 19.3. The first kappa shape index (κ1) is 22.7. The summed E-state index contributed by atoms with van der Waals surface area (Å²) in [7, 11) is -3.62. The zero-order chi connectivity index (χ0) is 22.4. The van der Waals surface area contributed by atoms with Crippen molar-refractivity contribution in [3.63, 3.8) is 0 Å². The Balaban J connectivity index is 1.34. The quantitative estimate of drug-likeness (QED) is 0.471. The van der Waals surface area contributed by atoms with Crippen LogP contribution in [0.2, 0.25) is 0 Å². The minimum absolute atomic E-state index is 0.0105. The van der Waals surface area contributed by atoms with Crippen LogP contribution in [0.1, 0.15) is 39.9 Å². The lowest BCUT2D eigenvalue weighted by molar-refractivity contribution is 0.0933. The molecule has 2 aromatic heterocycles. The molecule has 1 amide bonds. The molecule has 0 spiro atoms. The van der Waals surface area contributed by atoms with Crippen LogP contribution in [-0.2, 0) is 16.4 Å². The van der Waals surface area contributed by atoms with Gasteiger partial charge in [-0.25, -0.2) is 13.1 Å². The van der Waals surface area contributed by atoms with E-state index in [1.54, 1.807) is 29.7 Å². The summed E-state index contributed by atoms with van der Waals surface area (Å²) in [6.45, 7) is 2.72. The number of likely N-dealkylation sites (tertiary alicyclic amines) is 1. The first-order valence-electron chi connectivity index (χ1n) is 10.7. The lowest BCUT2D eigenvalue weighted by atomic mass is 10.1. The van der Waals surface area contributed by atoms with Gasteiger partial charge in [-0.05, 0) is 80.2 Å². The second-order valence-corrected chi connectivity index (χ2v) is 10.5. The van der Waals surface area contributed by atoms with Gasteiger partial charge < -0.3 is 9.73 Å². The number of nitrogens with one attached hydrogen (secondary N) is 2. The summed E-state index contributed by atoms with van der Waals surface area (Å²) in [5, 5.41) is 4.94. The maximum Gasteiger partial charge on any atom is 0.251 e. The van der Waals surface area contributed by atoms with Gasteiger partial charge in [0.25, 0.3) is 5.91 Å². The van der Waals surface area contributed by atoms with Crippen LogP contribution in [0.15, 0.2) is 69.5 Å². The lowest BCUT2D eigenvalue weighted by Gasteiger charge is -2.26. The fourth-order valence-corrected chi connectivity index (χ4v) is 5.61. The van der Waals surface area contributed by atoms with E-state index in [-0.39, 0.29) is 16.8 Å². The summed E-state index contributed by atoms with van der Waals surface area (Å²) < 4.78 is 33.2. The predicted molar refractivity (Wildman–Crippen MR) is 124 cm³/mol. The SMILES string of the molecule is O=C(NC[C@@H](c1ccco1)N1CCCC1)c1ccc(S(=O)(=O)NCCc2cccs2)cc1. The Morgan fingerprint density at radius 2 is 1.88 bits per heavy atom. The molecule has 4 rings (SSSR count). The third kappa shape index (κ3) is 5.66. The van der Waals surface area contributed by atoms with Crippen molar-refractivity contribution in [1.29, 1.82) is 0 Å². The molecule has 0 unspecified atom stereocenters. The van der Waals surface area contributed by atoms with E-state index in [1.165, 1.54) is 12.1 Å². The summed E-state index contributed by atoms with van der Waals surface area (Å²) in [4.78, 5) is 16.3. The van der Waals surface area contributed by atoms with Gasteiger partial charge in [-0.2, -0.15) is 0 Å². The summed E-state index contributed by atoms with van der Waals surface area (Å²) in [6.07, 6.45) is 4.57. The minimum Gasteiger partial charge on any atom is -0.468 e. The molecular weight excluding hydrogens is 446 g/mol. The maximum absolute atomic E-state index is 12.7. The minimum atomic E-state index is -3.62. The van der Waals surface area contributed by atoms with E-state index in [9.17, 15) is 13.2 Å². The van der Waals surface area contributed by atoms with Crippen molar-refractivity contribution in [2.24, 2.45) is 0 Å². The Labute approximate surface area is 192 Å². The predicted octanol–water partition coefficient (Wildman–Crippen LogP) is 3.43. The molecule has 2 N–H and O–H groups in total. The van der Waals surface area contributed by atoms with Gasteiger partial charge in [0, 0.05) is 23.5 Å². The fourth-order valence-electron chi connectivity index (χ4n) is 3.87. The number of hydrogen-bond acceptors (Lipinski definition) is 6. The number of carbonyl (C=O) groups is 1. The van der Waals surface area contributed by atoms with Crippen molar-refractivity contribution in [2.75, 3.05) is 26.2 Å². The molecule has 1 fully saturated rings. The lowest BCUT2D eigenvalue weighted by Crippen LogP contribution is -2.36. The number of furan rings is 1. The molecule has 1 aliphatic rings. The van der Waals surface area contributed by atoms with Crippen LogP contribution >= 0.6 is 11.3 Å². The Morgan fingerprint density at radius 1 is 1.09 bits per heavy atom. The first-order valence-corrected chi connectivity index (χ1v) is 13.1. The Kier molecular flexibility index (Phi) is 7.41. The van der Waals surface area contributed by atoms with E-state index >= 15 is 0 Å². The standard InChI is InChI=1S/C23H27N3O4S2/c27-23(24-17-21(22-6-3-15-30-22)26-13-1-2-14-26)18-7-9-20(10-8-18)32(28,29)25-12-11-19-5-4-16-31-19/h3-10,15-16,21,25H,1-2,11-14,17H2,(H,24,27)/t21-/m0/s1. The zero-order valence-electron chi connectivity index (χ0n) is 17.7. The Hall–Kier alpha value is -2.46. The van der Waals surface area contributed by atoms with E-state index in [0.717, 1.165) is 36.6 Å². The van der Waals surface area contributed by atoms with Crippen molar-refractivity contribution in [2.45, 2.75) is 30.2 Å². The van der Waals surface area contributed by atoms with Gasteiger partial charge >= 0.3 is 0 Å². The summed E-state index contributed by atoms with van der Waals surface area (Å²) >= 11 is 1.60. The number of rotatable bonds is 10. The highest BCUT2D eigenvalue weighted by Gasteiger charge is 2.26. The molecular formula is C23H27N3O4S2. The topological polar surface area (TPSA) is 91.7 Å². The number of benzene rings is 1. The van der Waals surface area contributed by atoms with Crippen molar-refractivity contribution in [1.82, 2.24) is 14.9 Å². The smallest absolute Gasteiger partial charge is 0.251 e. The number of carbonyl (C=O) groups excluding carboxylic acids is 1. The van der Waals surface area contributed by atoms with Gasteiger partial charge in [-0.15, -0.1) is 11.3 Å². The number of amides is 1. The highest BCUT2D eigenvalue weighted by Crippen LogP contribution is 2.25. The molecule has 7 nitrogen and oxygen atoms in total. The second-order valence-electron chi connectivity index (χ2n) is 7.74. The van der Waals surface area contributed by atoms with Crippen LogP contribution in [0.3, 0.4) is 0 Å². The highest BCUT2D eigenvalue weighted by molar-refractivity contribution is 7.89. The Morgan fingerprint density at radius 3 is 2.53 bits per heavy atom. The van der Waals surface area contributed by atoms with Crippen LogP contribution in [0, 0.1) is 0 Å². The Bertz CT molecular complexity index is 1090. The van der Waals surface area contributed by atoms with Crippen LogP contribution in [0.25, 0.3) is 0 Å². The average Bonchev–Trinajstić information content (AvgIpc) is 3.57. The largest absolute Gasteiger partial charge is 0.468 e. The van der Waals surface area contributed by atoms with E-state index < -0.39 is 10.0 Å². The third-order valence-corrected chi connectivity index (χ3v) is 7.99. The molecule has 0 radical (unpaired) electrons. The van der Waals surface area contributed by atoms with Crippen LogP contribution in [-0.4, -0.2) is 45.4 Å². The van der Waals surface area contributed by atoms with Crippen molar-refractivity contribution in [3.8, 4) is 0 Å². The van der Waals surface area contributed by atoms with Gasteiger partial charge in [-0.3, -0.25) is 9.69 Å². The van der Waals surface area contributed by atoms with Gasteiger partial charge in [0.05, 0.1) is 17.2 Å². The van der Waals surface area contributed by atoms with E-state index in [4.69, 9.17) is 4.42 Å². The van der Waals surface area contributed by atoms with Crippen molar-refractivity contribution < 1.29 is 17.6 Å². The van der Waals surface area contributed by atoms with E-state index in [1.807, 2.05) is 29.6 Å².